The van der Waals surface area contributed by atoms with Crippen molar-refractivity contribution in [1.82, 2.24) is 25.3 Å². The molecule has 0 unspecified atom stereocenters. The van der Waals surface area contributed by atoms with E-state index in [1.165, 1.54) is 13.2 Å². The maximum atomic E-state index is 13.0. The normalized spacial score (nSPS) is 16.2. The molecule has 10 heteroatoms. The predicted octanol–water partition coefficient (Wildman–Crippen LogP) is 2.29. The fourth-order valence-electron chi connectivity index (χ4n) is 3.15. The van der Waals surface area contributed by atoms with Crippen molar-refractivity contribution in [2.24, 2.45) is 12.0 Å². The van der Waals surface area contributed by atoms with E-state index in [0.29, 0.717) is 32.0 Å². The van der Waals surface area contributed by atoms with Crippen LogP contribution in [0.3, 0.4) is 0 Å². The maximum Gasteiger partial charge on any atom is 0.435 e. The molecule has 0 aliphatic carbocycles. The van der Waals surface area contributed by atoms with Gasteiger partial charge in [-0.05, 0) is 26.2 Å². The average molecular weight is 402 g/mol. The van der Waals surface area contributed by atoms with E-state index in [4.69, 9.17) is 0 Å². The van der Waals surface area contributed by atoms with Crippen LogP contribution in [0.5, 0.6) is 0 Å². The minimum atomic E-state index is -4.50. The highest BCUT2D eigenvalue weighted by atomic mass is 19.4. The smallest absolute Gasteiger partial charge is 0.357 e. The number of carbonyl (C=O) groups is 1. The van der Waals surface area contributed by atoms with Crippen molar-refractivity contribution < 1.29 is 18.0 Å². The number of aryl methyl sites for hydroxylation is 1. The van der Waals surface area contributed by atoms with E-state index in [1.807, 2.05) is 11.8 Å². The number of aliphatic imine (C=N–C) groups is 1. The van der Waals surface area contributed by atoms with Gasteiger partial charge in [0.2, 0.25) is 5.91 Å². The van der Waals surface area contributed by atoms with Crippen LogP contribution in [0.25, 0.3) is 0 Å². The summed E-state index contributed by atoms with van der Waals surface area (Å²) in [6, 6.07) is 0. The quantitative estimate of drug-likeness (QED) is 0.417. The van der Waals surface area contributed by atoms with Gasteiger partial charge in [-0.15, -0.1) is 0 Å². The number of hydrogen-bond acceptors (Lipinski definition) is 3. The number of hydrogen-bond donors (Lipinski definition) is 2. The zero-order chi connectivity index (χ0) is 20.6. The molecule has 2 N–H and O–H groups in total. The molecule has 1 saturated heterocycles. The van der Waals surface area contributed by atoms with Gasteiger partial charge < -0.3 is 15.5 Å². The summed E-state index contributed by atoms with van der Waals surface area (Å²) < 4.78 is 40.2. The van der Waals surface area contributed by atoms with Crippen LogP contribution in [0, 0.1) is 0 Å². The Labute approximate surface area is 163 Å². The molecule has 28 heavy (non-hydrogen) atoms. The molecule has 0 saturated carbocycles. The SMILES string of the molecule is CCNC(=NCc1cn(C)nc1C(F)(F)F)NCCCN1CCCCCC1=O. The molecule has 1 aromatic heterocycles. The molecule has 1 fully saturated rings. The van der Waals surface area contributed by atoms with Gasteiger partial charge in [-0.3, -0.25) is 9.48 Å². The largest absolute Gasteiger partial charge is 0.435 e. The predicted molar refractivity (Wildman–Crippen MR) is 101 cm³/mol. The molecule has 0 atom stereocenters. The van der Waals surface area contributed by atoms with Gasteiger partial charge in [0.15, 0.2) is 11.7 Å². The van der Waals surface area contributed by atoms with Crippen molar-refractivity contribution in [2.45, 2.75) is 51.7 Å². The average Bonchev–Trinajstić information content (AvgIpc) is 2.89. The topological polar surface area (TPSA) is 74.6 Å². The number of rotatable bonds is 7. The van der Waals surface area contributed by atoms with Crippen molar-refractivity contribution >= 4 is 11.9 Å². The monoisotopic (exact) mass is 402 g/mol. The Balaban J connectivity index is 1.88. The molecule has 2 heterocycles. The summed E-state index contributed by atoms with van der Waals surface area (Å²) in [6.07, 6.45) is 1.28. The van der Waals surface area contributed by atoms with Crippen LogP contribution in [-0.2, 0) is 24.6 Å². The van der Waals surface area contributed by atoms with E-state index >= 15 is 0 Å². The third-order valence-electron chi connectivity index (χ3n) is 4.49. The first-order chi connectivity index (χ1) is 13.3. The highest BCUT2D eigenvalue weighted by Crippen LogP contribution is 2.30. The lowest BCUT2D eigenvalue weighted by Crippen LogP contribution is -2.39. The molecule has 1 aliphatic rings. The molecular weight excluding hydrogens is 373 g/mol. The fraction of sp³-hybridized carbons (Fsp3) is 0.722. The van der Waals surface area contributed by atoms with E-state index in [0.717, 1.165) is 36.9 Å². The molecule has 1 aromatic rings. The number of aromatic nitrogens is 2. The number of nitrogens with one attached hydrogen (secondary N) is 2. The molecule has 0 radical (unpaired) electrons. The van der Waals surface area contributed by atoms with Crippen molar-refractivity contribution in [3.8, 4) is 0 Å². The Morgan fingerprint density at radius 1 is 1.29 bits per heavy atom. The number of halogens is 3. The first-order valence-corrected chi connectivity index (χ1v) is 9.71. The maximum absolute atomic E-state index is 13.0. The van der Waals surface area contributed by atoms with E-state index in [1.54, 1.807) is 0 Å². The van der Waals surface area contributed by atoms with Gasteiger partial charge in [-0.1, -0.05) is 6.42 Å². The van der Waals surface area contributed by atoms with E-state index in [2.05, 4.69) is 20.7 Å². The minimum Gasteiger partial charge on any atom is -0.357 e. The summed E-state index contributed by atoms with van der Waals surface area (Å²) in [6.45, 7) is 4.41. The lowest BCUT2D eigenvalue weighted by molar-refractivity contribution is -0.142. The minimum absolute atomic E-state index is 0.0300. The van der Waals surface area contributed by atoms with Crippen LogP contribution in [-0.4, -0.2) is 52.7 Å². The summed E-state index contributed by atoms with van der Waals surface area (Å²) >= 11 is 0. The van der Waals surface area contributed by atoms with Crippen molar-refractivity contribution in [1.29, 1.82) is 0 Å². The van der Waals surface area contributed by atoms with Crippen LogP contribution < -0.4 is 10.6 Å². The van der Waals surface area contributed by atoms with Crippen LogP contribution in [0.2, 0.25) is 0 Å². The molecule has 7 nitrogen and oxygen atoms in total. The highest BCUT2D eigenvalue weighted by Gasteiger charge is 2.36. The third-order valence-corrected chi connectivity index (χ3v) is 4.49. The second-order valence-electron chi connectivity index (χ2n) is 6.84. The zero-order valence-corrected chi connectivity index (χ0v) is 16.5. The number of carbonyl (C=O) groups excluding carboxylic acids is 1. The third kappa shape index (κ3) is 6.72. The summed E-state index contributed by atoms with van der Waals surface area (Å²) in [4.78, 5) is 18.1. The summed E-state index contributed by atoms with van der Waals surface area (Å²) in [5, 5.41) is 9.64. The van der Waals surface area contributed by atoms with Crippen molar-refractivity contribution in [3.05, 3.63) is 17.5 Å². The number of nitrogens with zero attached hydrogens (tertiary/aromatic N) is 4. The van der Waals surface area contributed by atoms with Gasteiger partial charge in [0.1, 0.15) is 0 Å². The number of amides is 1. The highest BCUT2D eigenvalue weighted by molar-refractivity contribution is 5.79. The summed E-state index contributed by atoms with van der Waals surface area (Å²) in [7, 11) is 1.45. The molecule has 1 amide bonds. The van der Waals surface area contributed by atoms with Crippen LogP contribution in [0.4, 0.5) is 13.2 Å². The molecule has 1 aliphatic heterocycles. The van der Waals surface area contributed by atoms with Crippen LogP contribution in [0.1, 0.15) is 50.3 Å². The molecule has 158 valence electrons. The Morgan fingerprint density at radius 3 is 2.79 bits per heavy atom. The Morgan fingerprint density at radius 2 is 2.07 bits per heavy atom. The molecule has 2 rings (SSSR count). The lowest BCUT2D eigenvalue weighted by atomic mass is 10.2. The molecular formula is C18H29F3N6O. The number of guanidine groups is 1. The van der Waals surface area contributed by atoms with Crippen molar-refractivity contribution in [2.75, 3.05) is 26.2 Å². The van der Waals surface area contributed by atoms with Gasteiger partial charge in [-0.25, -0.2) is 4.99 Å². The Hall–Kier alpha value is -2.26. The van der Waals surface area contributed by atoms with E-state index in [9.17, 15) is 18.0 Å². The second-order valence-corrected chi connectivity index (χ2v) is 6.84. The van der Waals surface area contributed by atoms with Gasteiger partial charge >= 0.3 is 6.18 Å². The van der Waals surface area contributed by atoms with Crippen LogP contribution >= 0.6 is 0 Å². The zero-order valence-electron chi connectivity index (χ0n) is 16.5. The van der Waals surface area contributed by atoms with Gasteiger partial charge in [-0.2, -0.15) is 18.3 Å². The number of likely N-dealkylation sites (tertiary alicyclic amines) is 1. The summed E-state index contributed by atoms with van der Waals surface area (Å²) in [5.74, 6) is 0.649. The molecule has 0 spiro atoms. The first kappa shape index (κ1) is 22.0. The summed E-state index contributed by atoms with van der Waals surface area (Å²) in [5.41, 5.74) is -0.878. The van der Waals surface area contributed by atoms with Crippen molar-refractivity contribution in [3.63, 3.8) is 0 Å². The molecule has 0 aromatic carbocycles. The Kier molecular flexibility index (Phi) is 8.13. The van der Waals surface area contributed by atoms with E-state index < -0.39 is 11.9 Å². The standard InChI is InChI=1S/C18H29F3N6O/c1-3-22-17(23-9-7-11-27-10-6-4-5-8-15(27)28)24-12-14-13-26(2)25-16(14)18(19,20)21/h13H,3-12H2,1-2H3,(H2,22,23,24). The van der Waals surface area contributed by atoms with E-state index in [-0.39, 0.29) is 18.0 Å². The molecule has 0 bridgehead atoms. The first-order valence-electron chi connectivity index (χ1n) is 9.71. The lowest BCUT2D eigenvalue weighted by Gasteiger charge is -2.20. The van der Waals surface area contributed by atoms with Gasteiger partial charge in [0.25, 0.3) is 0 Å². The van der Waals surface area contributed by atoms with Gasteiger partial charge in [0.05, 0.1) is 6.54 Å². The fourth-order valence-corrected chi connectivity index (χ4v) is 3.15. The second kappa shape index (κ2) is 10.3. The van der Waals surface area contributed by atoms with Gasteiger partial charge in [0, 0.05) is 51.4 Å². The van der Waals surface area contributed by atoms with Crippen LogP contribution in [0.15, 0.2) is 11.2 Å². The number of alkyl halides is 3. The Bertz CT molecular complexity index is 671.